The molecule has 2 fully saturated rings. The first-order valence-corrected chi connectivity index (χ1v) is 8.72. The summed E-state index contributed by atoms with van der Waals surface area (Å²) in [4.78, 5) is 25.6. The quantitative estimate of drug-likeness (QED) is 0.891. The van der Waals surface area contributed by atoms with Crippen molar-refractivity contribution in [3.63, 3.8) is 0 Å². The molecule has 0 aromatic heterocycles. The van der Waals surface area contributed by atoms with Gasteiger partial charge in [0, 0.05) is 31.0 Å². The van der Waals surface area contributed by atoms with Crippen LogP contribution in [0.5, 0.6) is 0 Å². The lowest BCUT2D eigenvalue weighted by molar-refractivity contribution is -0.124. The number of thioether (sulfide) groups is 1. The zero-order chi connectivity index (χ0) is 17.3. The van der Waals surface area contributed by atoms with Gasteiger partial charge in [-0.3, -0.25) is 9.69 Å². The number of carbonyl (C=O) groups excluding carboxylic acids is 2. The molecule has 2 aliphatic rings. The van der Waals surface area contributed by atoms with Crippen molar-refractivity contribution in [1.29, 1.82) is 0 Å². The molecule has 1 aromatic carbocycles. The Hall–Kier alpha value is -2.03. The van der Waals surface area contributed by atoms with Crippen LogP contribution >= 0.6 is 11.8 Å². The van der Waals surface area contributed by atoms with Crippen LogP contribution in [-0.2, 0) is 9.53 Å². The number of primary amides is 1. The summed E-state index contributed by atoms with van der Waals surface area (Å²) in [5.41, 5.74) is 5.02. The third-order valence-electron chi connectivity index (χ3n) is 3.98. The van der Waals surface area contributed by atoms with Gasteiger partial charge < -0.3 is 15.4 Å². The summed E-state index contributed by atoms with van der Waals surface area (Å²) in [5.74, 6) is -0.518. The average Bonchev–Trinajstić information content (AvgIpc) is 2.73. The lowest BCUT2D eigenvalue weighted by Crippen LogP contribution is -2.33. The Balaban J connectivity index is 1.87. The summed E-state index contributed by atoms with van der Waals surface area (Å²) < 4.78 is 33.8. The lowest BCUT2D eigenvalue weighted by Gasteiger charge is -2.24. The first-order valence-electron chi connectivity index (χ1n) is 7.56. The maximum Gasteiger partial charge on any atom is 0.415 e. The van der Waals surface area contributed by atoms with Crippen LogP contribution in [0.1, 0.15) is 6.42 Å². The molecular weight excluding hydrogens is 340 g/mol. The van der Waals surface area contributed by atoms with Crippen LogP contribution in [0.25, 0.3) is 0 Å². The maximum atomic E-state index is 14.5. The molecule has 0 bridgehead atoms. The maximum absolute atomic E-state index is 14.5. The van der Waals surface area contributed by atoms with Crippen LogP contribution in [0, 0.1) is 11.6 Å². The Morgan fingerprint density at radius 1 is 1.25 bits per heavy atom. The van der Waals surface area contributed by atoms with Gasteiger partial charge in [-0.25, -0.2) is 13.6 Å². The van der Waals surface area contributed by atoms with Crippen LogP contribution in [-0.4, -0.2) is 49.2 Å². The molecule has 24 heavy (non-hydrogen) atoms. The van der Waals surface area contributed by atoms with Crippen molar-refractivity contribution in [1.82, 2.24) is 0 Å². The number of carbonyl (C=O) groups is 2. The fraction of sp³-hybridized carbons (Fsp3) is 0.467. The Kier molecular flexibility index (Phi) is 4.79. The Morgan fingerprint density at radius 3 is 2.58 bits per heavy atom. The number of hydrogen-bond acceptors (Lipinski definition) is 5. The van der Waals surface area contributed by atoms with Crippen molar-refractivity contribution in [2.45, 2.75) is 12.5 Å². The molecular formula is C15H17F2N3O3S. The second-order valence-electron chi connectivity index (χ2n) is 5.60. The van der Waals surface area contributed by atoms with Crippen molar-refractivity contribution in [3.05, 3.63) is 23.8 Å². The van der Waals surface area contributed by atoms with Crippen LogP contribution in [0.4, 0.5) is 25.0 Å². The highest BCUT2D eigenvalue weighted by Gasteiger charge is 2.36. The van der Waals surface area contributed by atoms with E-state index in [1.54, 1.807) is 16.7 Å². The molecule has 9 heteroatoms. The predicted octanol–water partition coefficient (Wildman–Crippen LogP) is 1.72. The number of cyclic esters (lactones) is 1. The van der Waals surface area contributed by atoms with Crippen molar-refractivity contribution in [2.75, 3.05) is 40.9 Å². The summed E-state index contributed by atoms with van der Waals surface area (Å²) in [5, 5.41) is 0. The third-order valence-corrected chi connectivity index (χ3v) is 5.03. The second kappa shape index (κ2) is 6.84. The monoisotopic (exact) mass is 357 g/mol. The van der Waals surface area contributed by atoms with Gasteiger partial charge in [0.2, 0.25) is 0 Å². The standard InChI is InChI=1S/C15H17F2N3O3S/c16-10-6-9(20-8-12(14(18)21)23-15(20)22)7-11(17)13(10)19-2-1-4-24-5-3-19/h6-7,12H,1-5,8H2,(H2,18,21). The third kappa shape index (κ3) is 3.26. The summed E-state index contributed by atoms with van der Waals surface area (Å²) in [6.45, 7) is 0.982. The SMILES string of the molecule is NC(=O)C1CN(c2cc(F)c(N3CCCSCC3)c(F)c2)C(=O)O1. The molecule has 2 aliphatic heterocycles. The number of amides is 2. The van der Waals surface area contributed by atoms with Gasteiger partial charge >= 0.3 is 6.09 Å². The minimum absolute atomic E-state index is 0.00620. The normalized spacial score (nSPS) is 21.6. The van der Waals surface area contributed by atoms with E-state index < -0.39 is 29.7 Å². The molecule has 2 amide bonds. The molecule has 0 saturated carbocycles. The van der Waals surface area contributed by atoms with Crippen LogP contribution in [0.15, 0.2) is 12.1 Å². The van der Waals surface area contributed by atoms with Crippen LogP contribution in [0.2, 0.25) is 0 Å². The number of anilines is 2. The van der Waals surface area contributed by atoms with E-state index in [1.165, 1.54) is 0 Å². The van der Waals surface area contributed by atoms with Gasteiger partial charge in [-0.15, -0.1) is 0 Å². The smallest absolute Gasteiger partial charge is 0.415 e. The Morgan fingerprint density at radius 2 is 1.96 bits per heavy atom. The summed E-state index contributed by atoms with van der Waals surface area (Å²) in [6, 6.07) is 2.17. The molecule has 2 N–H and O–H groups in total. The number of nitrogens with zero attached hydrogens (tertiary/aromatic N) is 2. The number of ether oxygens (including phenoxy) is 1. The van der Waals surface area contributed by atoms with E-state index in [2.05, 4.69) is 0 Å². The van der Waals surface area contributed by atoms with E-state index >= 15 is 0 Å². The summed E-state index contributed by atoms with van der Waals surface area (Å²) >= 11 is 1.75. The first-order chi connectivity index (χ1) is 11.5. The number of nitrogens with two attached hydrogens (primary N) is 1. The van der Waals surface area contributed by atoms with Crippen LogP contribution in [0.3, 0.4) is 0 Å². The fourth-order valence-corrected chi connectivity index (χ4v) is 3.69. The number of hydrogen-bond donors (Lipinski definition) is 1. The molecule has 1 atom stereocenters. The molecule has 0 radical (unpaired) electrons. The van der Waals surface area contributed by atoms with E-state index in [-0.39, 0.29) is 17.9 Å². The second-order valence-corrected chi connectivity index (χ2v) is 6.82. The van der Waals surface area contributed by atoms with Crippen molar-refractivity contribution in [2.24, 2.45) is 5.73 Å². The zero-order valence-corrected chi connectivity index (χ0v) is 13.7. The molecule has 2 heterocycles. The van der Waals surface area contributed by atoms with Gasteiger partial charge in [-0.2, -0.15) is 11.8 Å². The molecule has 2 saturated heterocycles. The predicted molar refractivity (Wildman–Crippen MR) is 87.3 cm³/mol. The highest BCUT2D eigenvalue weighted by atomic mass is 32.2. The molecule has 0 spiro atoms. The first kappa shape index (κ1) is 16.8. The number of halogens is 2. The molecule has 3 rings (SSSR count). The van der Waals surface area contributed by atoms with Gasteiger partial charge in [-0.1, -0.05) is 0 Å². The van der Waals surface area contributed by atoms with Crippen molar-refractivity contribution in [3.8, 4) is 0 Å². The van der Waals surface area contributed by atoms with E-state index in [0.717, 1.165) is 35.0 Å². The Labute approximate surface area is 141 Å². The minimum atomic E-state index is -1.12. The van der Waals surface area contributed by atoms with Crippen LogP contribution < -0.4 is 15.5 Å². The highest BCUT2D eigenvalue weighted by molar-refractivity contribution is 7.99. The average molecular weight is 357 g/mol. The van der Waals surface area contributed by atoms with Crippen molar-refractivity contribution >= 4 is 35.1 Å². The number of benzene rings is 1. The minimum Gasteiger partial charge on any atom is -0.434 e. The molecule has 0 aliphatic carbocycles. The van der Waals surface area contributed by atoms with Gasteiger partial charge in [-0.05, 0) is 12.2 Å². The van der Waals surface area contributed by atoms with Gasteiger partial charge in [0.05, 0.1) is 12.2 Å². The van der Waals surface area contributed by atoms with E-state index in [0.29, 0.717) is 13.1 Å². The summed E-state index contributed by atoms with van der Waals surface area (Å²) in [7, 11) is 0. The van der Waals surface area contributed by atoms with E-state index in [4.69, 9.17) is 10.5 Å². The molecule has 1 aromatic rings. The van der Waals surface area contributed by atoms with E-state index in [9.17, 15) is 18.4 Å². The largest absolute Gasteiger partial charge is 0.434 e. The van der Waals surface area contributed by atoms with Gasteiger partial charge in [0.25, 0.3) is 5.91 Å². The number of rotatable bonds is 3. The Bertz CT molecular complexity index is 642. The zero-order valence-electron chi connectivity index (χ0n) is 12.8. The highest BCUT2D eigenvalue weighted by Crippen LogP contribution is 2.32. The van der Waals surface area contributed by atoms with Crippen molar-refractivity contribution < 1.29 is 23.1 Å². The topological polar surface area (TPSA) is 75.9 Å². The molecule has 130 valence electrons. The van der Waals surface area contributed by atoms with Gasteiger partial charge in [0.15, 0.2) is 17.7 Å². The van der Waals surface area contributed by atoms with Gasteiger partial charge in [0.1, 0.15) is 5.69 Å². The fourth-order valence-electron chi connectivity index (χ4n) is 2.80. The molecule has 1 unspecified atom stereocenters. The van der Waals surface area contributed by atoms with E-state index in [1.807, 2.05) is 0 Å². The lowest BCUT2D eigenvalue weighted by atomic mass is 10.2. The summed E-state index contributed by atoms with van der Waals surface area (Å²) in [6.07, 6.45) is -1.12. The molecule has 6 nitrogen and oxygen atoms in total.